The highest BCUT2D eigenvalue weighted by atomic mass is 32.1. The third-order valence-electron chi connectivity index (χ3n) is 5.57. The number of amides is 2. The van der Waals surface area contributed by atoms with Gasteiger partial charge in [0.2, 0.25) is 5.91 Å². The number of pyridine rings is 1. The molecular formula is C22H21N5O2S2. The van der Waals surface area contributed by atoms with Gasteiger partial charge in [0.05, 0.1) is 6.42 Å². The second-order valence-corrected chi connectivity index (χ2v) is 9.46. The van der Waals surface area contributed by atoms with Crippen LogP contribution < -0.4 is 5.32 Å². The Hall–Kier alpha value is -3.04. The van der Waals surface area contributed by atoms with Crippen molar-refractivity contribution in [1.29, 1.82) is 0 Å². The van der Waals surface area contributed by atoms with E-state index in [0.717, 1.165) is 33.1 Å². The SMILES string of the molecule is Cc1ncc2c(c1CNC(=O)Cc1cccs1)CCN(C(=O)c1cn3ccsc3n1)C2. The molecule has 0 spiro atoms. The van der Waals surface area contributed by atoms with E-state index in [1.165, 1.54) is 16.9 Å². The van der Waals surface area contributed by atoms with Gasteiger partial charge in [-0.05, 0) is 41.5 Å². The smallest absolute Gasteiger partial charge is 0.274 e. The number of aromatic nitrogens is 3. The topological polar surface area (TPSA) is 79.6 Å². The average Bonchev–Trinajstić information content (AvgIpc) is 3.50. The lowest BCUT2D eigenvalue weighted by atomic mass is 9.94. The Labute approximate surface area is 187 Å². The van der Waals surface area contributed by atoms with Gasteiger partial charge in [-0.15, -0.1) is 22.7 Å². The predicted octanol–water partition coefficient (Wildman–Crippen LogP) is 3.22. The number of imidazole rings is 1. The van der Waals surface area contributed by atoms with Gasteiger partial charge < -0.3 is 10.2 Å². The zero-order chi connectivity index (χ0) is 21.4. The van der Waals surface area contributed by atoms with Gasteiger partial charge in [-0.2, -0.15) is 0 Å². The molecule has 7 nitrogen and oxygen atoms in total. The second kappa shape index (κ2) is 8.24. The minimum absolute atomic E-state index is 0.00631. The number of carbonyl (C=O) groups is 2. The first kappa shape index (κ1) is 19.9. The van der Waals surface area contributed by atoms with Crippen molar-refractivity contribution in [2.24, 2.45) is 0 Å². The lowest BCUT2D eigenvalue weighted by molar-refractivity contribution is -0.120. The molecular weight excluding hydrogens is 430 g/mol. The fraction of sp³-hybridized carbons (Fsp3) is 0.273. The summed E-state index contributed by atoms with van der Waals surface area (Å²) in [4.78, 5) is 38.0. The minimum atomic E-state index is -0.0621. The summed E-state index contributed by atoms with van der Waals surface area (Å²) in [5.74, 6) is -0.0558. The summed E-state index contributed by atoms with van der Waals surface area (Å²) in [5, 5.41) is 6.96. The van der Waals surface area contributed by atoms with Crippen LogP contribution in [-0.2, 0) is 30.7 Å². The monoisotopic (exact) mass is 451 g/mol. The number of nitrogens with zero attached hydrogens (tertiary/aromatic N) is 4. The summed E-state index contributed by atoms with van der Waals surface area (Å²) in [6.07, 6.45) is 6.67. The molecule has 4 aromatic rings. The number of hydrogen-bond donors (Lipinski definition) is 1. The highest BCUT2D eigenvalue weighted by Gasteiger charge is 2.26. The zero-order valence-corrected chi connectivity index (χ0v) is 18.6. The molecule has 0 unspecified atom stereocenters. The molecule has 9 heteroatoms. The van der Waals surface area contributed by atoms with Gasteiger partial charge in [-0.1, -0.05) is 6.07 Å². The van der Waals surface area contributed by atoms with Crippen LogP contribution >= 0.6 is 22.7 Å². The van der Waals surface area contributed by atoms with Gasteiger partial charge in [0.1, 0.15) is 5.69 Å². The molecule has 0 radical (unpaired) electrons. The van der Waals surface area contributed by atoms with Gasteiger partial charge >= 0.3 is 0 Å². The van der Waals surface area contributed by atoms with E-state index in [0.29, 0.717) is 31.7 Å². The molecule has 0 fully saturated rings. The number of thiophene rings is 1. The molecule has 0 aliphatic carbocycles. The van der Waals surface area contributed by atoms with Gasteiger partial charge in [-0.25, -0.2) is 4.98 Å². The number of carbonyl (C=O) groups excluding carboxylic acids is 2. The van der Waals surface area contributed by atoms with E-state index >= 15 is 0 Å². The van der Waals surface area contributed by atoms with E-state index in [2.05, 4.69) is 15.3 Å². The molecule has 0 saturated heterocycles. The fourth-order valence-electron chi connectivity index (χ4n) is 3.94. The zero-order valence-electron chi connectivity index (χ0n) is 17.0. The Balaban J connectivity index is 1.30. The number of rotatable bonds is 5. The Morgan fingerprint density at radius 1 is 1.26 bits per heavy atom. The van der Waals surface area contributed by atoms with E-state index in [1.54, 1.807) is 17.5 Å². The number of hydrogen-bond acceptors (Lipinski definition) is 6. The lowest BCUT2D eigenvalue weighted by Gasteiger charge is -2.30. The summed E-state index contributed by atoms with van der Waals surface area (Å²) in [5.41, 5.74) is 4.68. The lowest BCUT2D eigenvalue weighted by Crippen LogP contribution is -2.37. The van der Waals surface area contributed by atoms with Gasteiger partial charge in [0, 0.05) is 54.2 Å². The number of aryl methyl sites for hydroxylation is 1. The maximum absolute atomic E-state index is 13.0. The Bertz CT molecular complexity index is 1230. The third kappa shape index (κ3) is 3.98. The van der Waals surface area contributed by atoms with E-state index in [1.807, 2.05) is 51.5 Å². The van der Waals surface area contributed by atoms with Crippen LogP contribution in [0.5, 0.6) is 0 Å². The summed E-state index contributed by atoms with van der Waals surface area (Å²) < 4.78 is 1.87. The molecule has 0 bridgehead atoms. The molecule has 0 atom stereocenters. The van der Waals surface area contributed by atoms with Crippen LogP contribution in [0.1, 0.15) is 37.7 Å². The van der Waals surface area contributed by atoms with E-state index in [4.69, 9.17) is 0 Å². The number of nitrogens with one attached hydrogen (secondary N) is 1. The second-order valence-electron chi connectivity index (χ2n) is 7.55. The average molecular weight is 452 g/mol. The summed E-state index contributed by atoms with van der Waals surface area (Å²) in [6.45, 7) is 3.55. The van der Waals surface area contributed by atoms with Gasteiger partial charge in [0.15, 0.2) is 4.96 Å². The molecule has 1 N–H and O–H groups in total. The highest BCUT2D eigenvalue weighted by Crippen LogP contribution is 2.25. The maximum atomic E-state index is 13.0. The molecule has 5 heterocycles. The number of fused-ring (bicyclic) bond motifs is 2. The van der Waals surface area contributed by atoms with Crippen molar-refractivity contribution in [2.45, 2.75) is 32.9 Å². The standard InChI is InChI=1S/C22H21N5O2S2/c1-14-18(11-24-20(28)9-16-3-2-7-30-16)17-4-5-26(12-15(17)10-23-14)21(29)19-13-27-6-8-31-22(27)25-19/h2-3,6-8,10,13H,4-5,9,11-12H2,1H3,(H,24,28). The largest absolute Gasteiger partial charge is 0.352 e. The summed E-state index contributed by atoms with van der Waals surface area (Å²) in [6, 6.07) is 3.92. The first-order valence-corrected chi connectivity index (χ1v) is 11.8. The highest BCUT2D eigenvalue weighted by molar-refractivity contribution is 7.15. The fourth-order valence-corrected chi connectivity index (χ4v) is 5.35. The Morgan fingerprint density at radius 3 is 2.97 bits per heavy atom. The van der Waals surface area contributed by atoms with Crippen molar-refractivity contribution in [1.82, 2.24) is 24.6 Å². The molecule has 0 aromatic carbocycles. The first-order valence-electron chi connectivity index (χ1n) is 10.1. The van der Waals surface area contributed by atoms with Crippen molar-refractivity contribution < 1.29 is 9.59 Å². The molecule has 31 heavy (non-hydrogen) atoms. The van der Waals surface area contributed by atoms with E-state index in [9.17, 15) is 9.59 Å². The molecule has 158 valence electrons. The number of thiazole rings is 1. The van der Waals surface area contributed by atoms with Crippen LogP contribution in [0.2, 0.25) is 0 Å². The van der Waals surface area contributed by atoms with Crippen molar-refractivity contribution >= 4 is 39.4 Å². The Morgan fingerprint density at radius 2 is 2.16 bits per heavy atom. The van der Waals surface area contributed by atoms with Crippen molar-refractivity contribution in [3.05, 3.63) is 74.4 Å². The Kier molecular flexibility index (Phi) is 5.29. The minimum Gasteiger partial charge on any atom is -0.352 e. The van der Waals surface area contributed by atoms with Crippen LogP contribution in [-0.4, -0.2) is 37.6 Å². The quantitative estimate of drug-likeness (QED) is 0.505. The van der Waals surface area contributed by atoms with Crippen LogP contribution in [0.4, 0.5) is 0 Å². The van der Waals surface area contributed by atoms with Gasteiger partial charge in [0.25, 0.3) is 5.91 Å². The van der Waals surface area contributed by atoms with Gasteiger partial charge in [-0.3, -0.25) is 19.0 Å². The van der Waals surface area contributed by atoms with Crippen LogP contribution in [0, 0.1) is 6.92 Å². The van der Waals surface area contributed by atoms with Crippen molar-refractivity contribution in [2.75, 3.05) is 6.54 Å². The molecule has 5 rings (SSSR count). The van der Waals surface area contributed by atoms with Crippen LogP contribution in [0.15, 0.2) is 41.5 Å². The molecule has 0 saturated carbocycles. The molecule has 2 amide bonds. The predicted molar refractivity (Wildman–Crippen MR) is 120 cm³/mol. The molecule has 1 aliphatic rings. The third-order valence-corrected chi connectivity index (χ3v) is 7.22. The first-order chi connectivity index (χ1) is 15.1. The molecule has 4 aromatic heterocycles. The van der Waals surface area contributed by atoms with Crippen molar-refractivity contribution in [3.8, 4) is 0 Å². The van der Waals surface area contributed by atoms with Crippen molar-refractivity contribution in [3.63, 3.8) is 0 Å². The summed E-state index contributed by atoms with van der Waals surface area (Å²) in [7, 11) is 0. The normalized spacial score (nSPS) is 13.4. The van der Waals surface area contributed by atoms with Crippen LogP contribution in [0.3, 0.4) is 0 Å². The van der Waals surface area contributed by atoms with E-state index < -0.39 is 0 Å². The van der Waals surface area contributed by atoms with Crippen LogP contribution in [0.25, 0.3) is 4.96 Å². The summed E-state index contributed by atoms with van der Waals surface area (Å²) >= 11 is 3.10. The molecule has 1 aliphatic heterocycles. The maximum Gasteiger partial charge on any atom is 0.274 e. The van der Waals surface area contributed by atoms with E-state index in [-0.39, 0.29) is 11.8 Å².